The van der Waals surface area contributed by atoms with E-state index >= 15 is 0 Å². The van der Waals surface area contributed by atoms with Crippen LogP contribution < -0.4 is 10.6 Å². The largest absolute Gasteiger partial charge is 0.322 e. The summed E-state index contributed by atoms with van der Waals surface area (Å²) in [5.74, 6) is -3.01. The van der Waals surface area contributed by atoms with Gasteiger partial charge in [0.2, 0.25) is 17.7 Å². The maximum Gasteiger partial charge on any atom is 0.255 e. The highest BCUT2D eigenvalue weighted by Crippen LogP contribution is 2.37. The molecule has 1 unspecified atom stereocenters. The molecule has 6 nitrogen and oxygen atoms in total. The van der Waals surface area contributed by atoms with Crippen LogP contribution in [0.4, 0.5) is 8.78 Å². The Labute approximate surface area is 192 Å². The molecule has 4 aliphatic rings. The van der Waals surface area contributed by atoms with Crippen LogP contribution >= 0.6 is 0 Å². The van der Waals surface area contributed by atoms with E-state index in [2.05, 4.69) is 16.7 Å². The van der Waals surface area contributed by atoms with Gasteiger partial charge in [-0.25, -0.2) is 8.78 Å². The number of rotatable bonds is 5. The van der Waals surface area contributed by atoms with Gasteiger partial charge in [-0.3, -0.25) is 19.7 Å². The van der Waals surface area contributed by atoms with Gasteiger partial charge in [0.25, 0.3) is 5.91 Å². The van der Waals surface area contributed by atoms with Crippen molar-refractivity contribution in [2.45, 2.75) is 94.8 Å². The Morgan fingerprint density at radius 1 is 1.09 bits per heavy atom. The van der Waals surface area contributed by atoms with Crippen molar-refractivity contribution in [2.75, 3.05) is 0 Å². The van der Waals surface area contributed by atoms with Gasteiger partial charge in [0.05, 0.1) is 0 Å². The number of piperidine rings is 1. The van der Waals surface area contributed by atoms with Gasteiger partial charge in [0.1, 0.15) is 6.04 Å². The number of imide groups is 1. The predicted molar refractivity (Wildman–Crippen MR) is 118 cm³/mol. The van der Waals surface area contributed by atoms with Gasteiger partial charge in [0, 0.05) is 43.5 Å². The molecule has 5 rings (SSSR count). The highest BCUT2D eigenvalue weighted by atomic mass is 19.3. The minimum Gasteiger partial charge on any atom is -0.322 e. The Hall–Kier alpha value is -2.35. The molecule has 0 radical (unpaired) electrons. The number of carbonyl (C=O) groups is 3. The zero-order chi connectivity index (χ0) is 23.2. The highest BCUT2D eigenvalue weighted by molar-refractivity contribution is 6.05. The van der Waals surface area contributed by atoms with Crippen molar-refractivity contribution in [1.29, 1.82) is 0 Å². The van der Waals surface area contributed by atoms with Gasteiger partial charge in [-0.1, -0.05) is 25.0 Å². The Bertz CT molecular complexity index is 966. The molecule has 2 N–H and O–H groups in total. The van der Waals surface area contributed by atoms with Gasteiger partial charge >= 0.3 is 0 Å². The van der Waals surface area contributed by atoms with Gasteiger partial charge in [-0.15, -0.1) is 0 Å². The van der Waals surface area contributed by atoms with Crippen molar-refractivity contribution >= 4 is 17.7 Å². The van der Waals surface area contributed by atoms with Crippen LogP contribution in [0, 0.1) is 5.92 Å². The molecule has 33 heavy (non-hydrogen) atoms. The van der Waals surface area contributed by atoms with Gasteiger partial charge in [0.15, 0.2) is 0 Å². The van der Waals surface area contributed by atoms with Crippen LogP contribution in [0.2, 0.25) is 0 Å². The van der Waals surface area contributed by atoms with Crippen molar-refractivity contribution in [1.82, 2.24) is 15.5 Å². The van der Waals surface area contributed by atoms with Crippen molar-refractivity contribution in [3.05, 3.63) is 34.9 Å². The predicted octanol–water partition coefficient (Wildman–Crippen LogP) is 3.33. The van der Waals surface area contributed by atoms with E-state index in [0.717, 1.165) is 43.2 Å². The van der Waals surface area contributed by atoms with E-state index in [4.69, 9.17) is 0 Å². The molecule has 2 heterocycles. The second-order valence-electron chi connectivity index (χ2n) is 10.2. The van der Waals surface area contributed by atoms with Crippen molar-refractivity contribution in [2.24, 2.45) is 5.92 Å². The van der Waals surface area contributed by atoms with Crippen molar-refractivity contribution < 1.29 is 23.2 Å². The molecule has 4 atom stereocenters. The second-order valence-corrected chi connectivity index (χ2v) is 10.2. The number of hydrogen-bond acceptors (Lipinski definition) is 4. The summed E-state index contributed by atoms with van der Waals surface area (Å²) in [5, 5.41) is 5.88. The van der Waals surface area contributed by atoms with Crippen LogP contribution in [-0.2, 0) is 22.6 Å². The van der Waals surface area contributed by atoms with E-state index in [9.17, 15) is 23.2 Å². The maximum absolute atomic E-state index is 13.6. The molecular weight excluding hydrogens is 428 g/mol. The van der Waals surface area contributed by atoms with E-state index in [1.54, 1.807) is 4.90 Å². The lowest BCUT2D eigenvalue weighted by Gasteiger charge is -2.34. The quantitative estimate of drug-likeness (QED) is 0.663. The minimum atomic E-state index is -2.54. The summed E-state index contributed by atoms with van der Waals surface area (Å²) in [7, 11) is 0. The molecule has 178 valence electrons. The lowest BCUT2D eigenvalue weighted by Crippen LogP contribution is -2.52. The first kappa shape index (κ1) is 22.4. The van der Waals surface area contributed by atoms with Gasteiger partial charge in [-0.05, 0) is 55.2 Å². The molecule has 0 aromatic heterocycles. The summed E-state index contributed by atoms with van der Waals surface area (Å²) in [6, 6.07) is 5.43. The average Bonchev–Trinajstić information content (AvgIpc) is 3.28. The fourth-order valence-electron chi connectivity index (χ4n) is 6.12. The average molecular weight is 460 g/mol. The minimum absolute atomic E-state index is 0.0232. The molecule has 1 aromatic carbocycles. The topological polar surface area (TPSA) is 78.5 Å². The van der Waals surface area contributed by atoms with Crippen LogP contribution in [0.1, 0.15) is 79.3 Å². The molecule has 1 saturated heterocycles. The second kappa shape index (κ2) is 8.78. The Morgan fingerprint density at radius 3 is 2.67 bits per heavy atom. The Kier molecular flexibility index (Phi) is 5.97. The number of amides is 3. The molecule has 2 aliphatic carbocycles. The van der Waals surface area contributed by atoms with Crippen LogP contribution in [-0.4, -0.2) is 46.7 Å². The fraction of sp³-hybridized carbons (Fsp3) is 0.640. The smallest absolute Gasteiger partial charge is 0.255 e. The summed E-state index contributed by atoms with van der Waals surface area (Å²) >= 11 is 0. The lowest BCUT2D eigenvalue weighted by molar-refractivity contribution is -0.136. The molecule has 8 heteroatoms. The van der Waals surface area contributed by atoms with Crippen LogP contribution in [0.3, 0.4) is 0 Å². The number of benzene rings is 1. The SMILES string of the molecule is O=C1CCC(N2Cc3cc(C[C@H]4CCCC[C@@H]4N[C@@H]4CCC(F)(F)C4)ccc3C2=O)C(=O)N1. The summed E-state index contributed by atoms with van der Waals surface area (Å²) in [4.78, 5) is 38.2. The number of halogens is 2. The van der Waals surface area contributed by atoms with E-state index in [0.29, 0.717) is 30.9 Å². The first-order chi connectivity index (χ1) is 15.8. The molecule has 1 aromatic rings. The molecule has 0 bridgehead atoms. The number of hydrogen-bond donors (Lipinski definition) is 2. The molecular formula is C25H31F2N3O3. The zero-order valence-electron chi connectivity index (χ0n) is 18.7. The number of fused-ring (bicyclic) bond motifs is 1. The van der Waals surface area contributed by atoms with Crippen LogP contribution in [0.15, 0.2) is 18.2 Å². The fourth-order valence-corrected chi connectivity index (χ4v) is 6.12. The molecule has 3 amide bonds. The maximum atomic E-state index is 13.6. The molecule has 3 fully saturated rings. The van der Waals surface area contributed by atoms with E-state index in [-0.39, 0.29) is 43.2 Å². The molecule has 2 aliphatic heterocycles. The summed E-state index contributed by atoms with van der Waals surface area (Å²) in [6.07, 6.45) is 6.25. The number of alkyl halides is 2. The zero-order valence-corrected chi connectivity index (χ0v) is 18.7. The third-order valence-corrected chi connectivity index (χ3v) is 7.85. The Balaban J connectivity index is 1.26. The first-order valence-corrected chi connectivity index (χ1v) is 12.2. The summed E-state index contributed by atoms with van der Waals surface area (Å²) in [5.41, 5.74) is 2.68. The standard InChI is InChI=1S/C25H31F2N3O3/c26-25(27)10-9-18(13-25)28-20-4-2-1-3-16(20)11-15-5-6-19-17(12-15)14-30(24(19)33)21-7-8-22(31)29-23(21)32/h5-6,12,16,18,20-21,28H,1-4,7-11,13-14H2,(H,29,31,32)/t16-,18-,20+,21?/m1/s1. The number of carbonyl (C=O) groups excluding carboxylic acids is 3. The van der Waals surface area contributed by atoms with E-state index in [1.807, 2.05) is 12.1 Å². The summed E-state index contributed by atoms with van der Waals surface area (Å²) < 4.78 is 27.3. The monoisotopic (exact) mass is 459 g/mol. The van der Waals surface area contributed by atoms with Crippen molar-refractivity contribution in [3.63, 3.8) is 0 Å². The van der Waals surface area contributed by atoms with Gasteiger partial charge < -0.3 is 10.2 Å². The molecule has 2 saturated carbocycles. The normalized spacial score (nSPS) is 31.6. The molecule has 0 spiro atoms. The highest BCUT2D eigenvalue weighted by Gasteiger charge is 2.41. The third kappa shape index (κ3) is 4.67. The Morgan fingerprint density at radius 2 is 1.91 bits per heavy atom. The van der Waals surface area contributed by atoms with Gasteiger partial charge in [-0.2, -0.15) is 0 Å². The van der Waals surface area contributed by atoms with E-state index in [1.165, 1.54) is 0 Å². The third-order valence-electron chi connectivity index (χ3n) is 7.85. The first-order valence-electron chi connectivity index (χ1n) is 12.2. The van der Waals surface area contributed by atoms with E-state index < -0.39 is 17.9 Å². The number of nitrogens with one attached hydrogen (secondary N) is 2. The van der Waals surface area contributed by atoms with Crippen LogP contribution in [0.25, 0.3) is 0 Å². The summed E-state index contributed by atoms with van der Waals surface area (Å²) in [6.45, 7) is 0.373. The lowest BCUT2D eigenvalue weighted by atomic mass is 9.80. The number of nitrogens with zero attached hydrogens (tertiary/aromatic N) is 1. The van der Waals surface area contributed by atoms with Crippen LogP contribution in [0.5, 0.6) is 0 Å². The van der Waals surface area contributed by atoms with Crippen molar-refractivity contribution in [3.8, 4) is 0 Å².